The predicted octanol–water partition coefficient (Wildman–Crippen LogP) is 1.09. The fourth-order valence-corrected chi connectivity index (χ4v) is 1.60. The molecule has 0 atom stereocenters. The first-order chi connectivity index (χ1) is 8.02. The zero-order chi connectivity index (χ0) is 12.8. The normalized spacial score (nSPS) is 9.94. The van der Waals surface area contributed by atoms with Gasteiger partial charge >= 0.3 is 5.97 Å². The van der Waals surface area contributed by atoms with Crippen molar-refractivity contribution < 1.29 is 14.7 Å². The van der Waals surface area contributed by atoms with Gasteiger partial charge in [0.1, 0.15) is 0 Å². The van der Waals surface area contributed by atoms with Gasteiger partial charge in [-0.15, -0.1) is 0 Å². The van der Waals surface area contributed by atoms with Crippen LogP contribution in [-0.2, 0) is 4.79 Å². The summed E-state index contributed by atoms with van der Waals surface area (Å²) in [5.41, 5.74) is 6.45. The second-order valence-electron chi connectivity index (χ2n) is 3.80. The van der Waals surface area contributed by atoms with Crippen molar-refractivity contribution in [3.8, 4) is 0 Å². The number of rotatable bonds is 6. The van der Waals surface area contributed by atoms with Gasteiger partial charge in [0, 0.05) is 25.7 Å². The lowest BCUT2D eigenvalue weighted by Gasteiger charge is -2.21. The second-order valence-corrected chi connectivity index (χ2v) is 3.80. The first-order valence-corrected chi connectivity index (χ1v) is 5.34. The number of hydrogen-bond acceptors (Lipinski definition) is 3. The molecule has 0 saturated heterocycles. The van der Waals surface area contributed by atoms with Crippen molar-refractivity contribution in [2.75, 3.05) is 18.5 Å². The van der Waals surface area contributed by atoms with E-state index in [1.807, 2.05) is 18.0 Å². The molecule has 0 aliphatic rings. The molecule has 0 aromatic heterocycles. The summed E-state index contributed by atoms with van der Waals surface area (Å²) < 4.78 is 0. The molecule has 1 rings (SSSR count). The van der Waals surface area contributed by atoms with Gasteiger partial charge in [-0.25, -0.2) is 0 Å². The lowest BCUT2D eigenvalue weighted by Crippen LogP contribution is -2.23. The summed E-state index contributed by atoms with van der Waals surface area (Å²) in [6.45, 7) is 0.566. The van der Waals surface area contributed by atoms with E-state index in [0.717, 1.165) is 5.69 Å². The third-order valence-electron chi connectivity index (χ3n) is 2.46. The van der Waals surface area contributed by atoms with E-state index in [1.165, 1.54) is 0 Å². The van der Waals surface area contributed by atoms with Crippen molar-refractivity contribution in [2.45, 2.75) is 12.8 Å². The van der Waals surface area contributed by atoms with E-state index in [9.17, 15) is 9.59 Å². The number of anilines is 1. The number of para-hydroxylation sites is 1. The van der Waals surface area contributed by atoms with Gasteiger partial charge in [-0.1, -0.05) is 12.1 Å². The number of carbonyl (C=O) groups excluding carboxylic acids is 1. The van der Waals surface area contributed by atoms with Crippen molar-refractivity contribution >= 4 is 17.6 Å². The summed E-state index contributed by atoms with van der Waals surface area (Å²) in [7, 11) is 1.81. The van der Waals surface area contributed by atoms with Gasteiger partial charge in [-0.2, -0.15) is 0 Å². The van der Waals surface area contributed by atoms with E-state index in [2.05, 4.69) is 0 Å². The maximum Gasteiger partial charge on any atom is 0.303 e. The fourth-order valence-electron chi connectivity index (χ4n) is 1.60. The third-order valence-corrected chi connectivity index (χ3v) is 2.46. The molecule has 1 amide bonds. The number of benzene rings is 1. The van der Waals surface area contributed by atoms with Crippen LogP contribution < -0.4 is 10.6 Å². The van der Waals surface area contributed by atoms with Crippen molar-refractivity contribution in [2.24, 2.45) is 5.73 Å². The van der Waals surface area contributed by atoms with Crippen LogP contribution >= 0.6 is 0 Å². The summed E-state index contributed by atoms with van der Waals surface area (Å²) in [6, 6.07) is 7.01. The van der Waals surface area contributed by atoms with Gasteiger partial charge in [0.25, 0.3) is 5.91 Å². The highest BCUT2D eigenvalue weighted by Crippen LogP contribution is 2.18. The zero-order valence-electron chi connectivity index (χ0n) is 9.72. The molecule has 0 aliphatic carbocycles. The molecule has 0 spiro atoms. The van der Waals surface area contributed by atoms with Gasteiger partial charge in [0.2, 0.25) is 0 Å². The van der Waals surface area contributed by atoms with E-state index in [0.29, 0.717) is 18.5 Å². The quantitative estimate of drug-likeness (QED) is 0.774. The van der Waals surface area contributed by atoms with Crippen LogP contribution in [0, 0.1) is 0 Å². The van der Waals surface area contributed by atoms with Crippen LogP contribution in [0.25, 0.3) is 0 Å². The maximum atomic E-state index is 11.2. The van der Waals surface area contributed by atoms with Crippen LogP contribution in [0.2, 0.25) is 0 Å². The monoisotopic (exact) mass is 236 g/mol. The smallest absolute Gasteiger partial charge is 0.303 e. The number of carboxylic acids is 1. The highest BCUT2D eigenvalue weighted by Gasteiger charge is 2.10. The first-order valence-electron chi connectivity index (χ1n) is 5.34. The van der Waals surface area contributed by atoms with Crippen molar-refractivity contribution in [1.29, 1.82) is 0 Å². The molecule has 92 valence electrons. The molecule has 5 nitrogen and oxygen atoms in total. The maximum absolute atomic E-state index is 11.2. The molecule has 0 bridgehead atoms. The average Bonchev–Trinajstić information content (AvgIpc) is 2.28. The van der Waals surface area contributed by atoms with Crippen LogP contribution in [0.5, 0.6) is 0 Å². The van der Waals surface area contributed by atoms with Gasteiger partial charge in [-0.3, -0.25) is 9.59 Å². The van der Waals surface area contributed by atoms with E-state index >= 15 is 0 Å². The minimum atomic E-state index is -0.818. The van der Waals surface area contributed by atoms with E-state index < -0.39 is 11.9 Å². The Morgan fingerprint density at radius 2 is 2.00 bits per heavy atom. The Bertz CT molecular complexity index is 418. The molecule has 17 heavy (non-hydrogen) atoms. The largest absolute Gasteiger partial charge is 0.481 e. The molecular formula is C12H16N2O3. The minimum Gasteiger partial charge on any atom is -0.481 e. The molecule has 1 aromatic carbocycles. The Morgan fingerprint density at radius 1 is 1.35 bits per heavy atom. The molecule has 0 radical (unpaired) electrons. The number of carboxylic acid groups (broad SMARTS) is 1. The lowest BCUT2D eigenvalue weighted by molar-refractivity contribution is -0.137. The van der Waals surface area contributed by atoms with Crippen LogP contribution in [-0.4, -0.2) is 30.6 Å². The van der Waals surface area contributed by atoms with Crippen LogP contribution in [0.4, 0.5) is 5.69 Å². The molecular weight excluding hydrogens is 220 g/mol. The number of hydrogen-bond donors (Lipinski definition) is 2. The number of primary amides is 1. The van der Waals surface area contributed by atoms with Gasteiger partial charge in [0.05, 0.1) is 5.56 Å². The molecule has 0 unspecified atom stereocenters. The van der Waals surface area contributed by atoms with Gasteiger partial charge in [-0.05, 0) is 18.6 Å². The molecule has 0 fully saturated rings. The second kappa shape index (κ2) is 5.89. The standard InChI is InChI=1S/C12H16N2O3/c1-14(8-4-7-11(15)16)10-6-3-2-5-9(10)12(13)17/h2-3,5-6H,4,7-8H2,1H3,(H2,13,17)(H,15,16). The van der Waals surface area contributed by atoms with E-state index in [1.54, 1.807) is 18.2 Å². The average molecular weight is 236 g/mol. The first kappa shape index (κ1) is 13.0. The number of aliphatic carboxylic acids is 1. The Morgan fingerprint density at radius 3 is 2.59 bits per heavy atom. The highest BCUT2D eigenvalue weighted by molar-refractivity contribution is 5.98. The third kappa shape index (κ3) is 3.79. The Balaban J connectivity index is 2.71. The van der Waals surface area contributed by atoms with E-state index in [4.69, 9.17) is 10.8 Å². The van der Waals surface area contributed by atoms with E-state index in [-0.39, 0.29) is 6.42 Å². The predicted molar refractivity (Wildman–Crippen MR) is 65.1 cm³/mol. The fraction of sp³-hybridized carbons (Fsp3) is 0.333. The summed E-state index contributed by atoms with van der Waals surface area (Å²) in [5.74, 6) is -1.30. The number of nitrogens with zero attached hydrogens (tertiary/aromatic N) is 1. The van der Waals surface area contributed by atoms with Crippen molar-refractivity contribution in [1.82, 2.24) is 0 Å². The van der Waals surface area contributed by atoms with Crippen LogP contribution in [0.1, 0.15) is 23.2 Å². The number of carbonyl (C=O) groups is 2. The summed E-state index contributed by atoms with van der Waals surface area (Å²) in [5, 5.41) is 8.55. The molecule has 0 saturated carbocycles. The number of amides is 1. The summed E-state index contributed by atoms with van der Waals surface area (Å²) in [6.07, 6.45) is 0.641. The minimum absolute atomic E-state index is 0.114. The lowest BCUT2D eigenvalue weighted by atomic mass is 10.1. The Hall–Kier alpha value is -2.04. The van der Waals surface area contributed by atoms with Crippen LogP contribution in [0.15, 0.2) is 24.3 Å². The van der Waals surface area contributed by atoms with Gasteiger partial charge in [0.15, 0.2) is 0 Å². The number of nitrogens with two attached hydrogens (primary N) is 1. The van der Waals surface area contributed by atoms with Crippen LogP contribution in [0.3, 0.4) is 0 Å². The molecule has 0 aliphatic heterocycles. The van der Waals surface area contributed by atoms with Crippen molar-refractivity contribution in [3.05, 3.63) is 29.8 Å². The van der Waals surface area contributed by atoms with Gasteiger partial charge < -0.3 is 15.7 Å². The molecule has 1 aromatic rings. The molecule has 3 N–H and O–H groups in total. The summed E-state index contributed by atoms with van der Waals surface area (Å²) >= 11 is 0. The Kier molecular flexibility index (Phi) is 4.51. The molecule has 5 heteroatoms. The highest BCUT2D eigenvalue weighted by atomic mass is 16.4. The zero-order valence-corrected chi connectivity index (χ0v) is 9.72. The van der Waals surface area contributed by atoms with Crippen molar-refractivity contribution in [3.63, 3.8) is 0 Å². The molecule has 0 heterocycles. The Labute approximate surface area is 99.8 Å². The SMILES string of the molecule is CN(CCCC(=O)O)c1ccccc1C(N)=O. The topological polar surface area (TPSA) is 83.6 Å². The summed E-state index contributed by atoms with van der Waals surface area (Å²) in [4.78, 5) is 23.4.